The summed E-state index contributed by atoms with van der Waals surface area (Å²) in [5, 5.41) is 14.0. The van der Waals surface area contributed by atoms with E-state index in [9.17, 15) is 5.11 Å². The van der Waals surface area contributed by atoms with Crippen LogP contribution in [0.3, 0.4) is 0 Å². The third kappa shape index (κ3) is 2.53. The van der Waals surface area contributed by atoms with E-state index >= 15 is 0 Å². The van der Waals surface area contributed by atoms with Gasteiger partial charge in [0, 0.05) is 7.11 Å². The molecule has 1 aromatic carbocycles. The van der Waals surface area contributed by atoms with Gasteiger partial charge in [0.1, 0.15) is 11.4 Å². The molecule has 3 rings (SSSR count). The van der Waals surface area contributed by atoms with Gasteiger partial charge in [-0.05, 0) is 37.3 Å². The third-order valence-corrected chi connectivity index (χ3v) is 4.31. The Morgan fingerprint density at radius 2 is 2.19 bits per heavy atom. The minimum atomic E-state index is -0.468. The average Bonchev–Trinajstić information content (AvgIpc) is 2.98. The van der Waals surface area contributed by atoms with Crippen molar-refractivity contribution in [3.63, 3.8) is 0 Å². The van der Waals surface area contributed by atoms with Gasteiger partial charge in [0.25, 0.3) is 5.89 Å². The molecule has 5 heteroatoms. The lowest BCUT2D eigenvalue weighted by atomic mass is 9.78. The lowest BCUT2D eigenvalue weighted by molar-refractivity contribution is -0.0658. The second-order valence-electron chi connectivity index (χ2n) is 5.84. The molecule has 0 saturated heterocycles. The van der Waals surface area contributed by atoms with Crippen LogP contribution in [0, 0.1) is 5.92 Å². The first-order chi connectivity index (χ1) is 10.1. The van der Waals surface area contributed by atoms with Gasteiger partial charge in [0.2, 0.25) is 5.82 Å². The van der Waals surface area contributed by atoms with Crippen LogP contribution in [0.5, 0.6) is 5.75 Å². The highest BCUT2D eigenvalue weighted by atomic mass is 16.5. The van der Waals surface area contributed by atoms with Crippen LogP contribution in [0.15, 0.2) is 28.8 Å². The normalized spacial score (nSPS) is 25.9. The highest BCUT2D eigenvalue weighted by molar-refractivity contribution is 5.61. The van der Waals surface area contributed by atoms with Crippen LogP contribution < -0.4 is 0 Å². The van der Waals surface area contributed by atoms with Gasteiger partial charge in [-0.25, -0.2) is 0 Å². The zero-order valence-electron chi connectivity index (χ0n) is 12.4. The van der Waals surface area contributed by atoms with Crippen LogP contribution in [-0.4, -0.2) is 22.4 Å². The summed E-state index contributed by atoms with van der Waals surface area (Å²) in [7, 11) is 1.70. The van der Waals surface area contributed by atoms with Crippen molar-refractivity contribution in [3.05, 3.63) is 30.1 Å². The molecule has 0 radical (unpaired) electrons. The number of aromatic nitrogens is 2. The van der Waals surface area contributed by atoms with Crippen molar-refractivity contribution >= 4 is 0 Å². The summed E-state index contributed by atoms with van der Waals surface area (Å²) in [6, 6.07) is 6.95. The van der Waals surface area contributed by atoms with E-state index < -0.39 is 5.60 Å². The van der Waals surface area contributed by atoms with Crippen LogP contribution in [0.25, 0.3) is 11.5 Å². The topological polar surface area (TPSA) is 68.4 Å². The van der Waals surface area contributed by atoms with E-state index in [-0.39, 0.29) is 5.75 Å². The van der Waals surface area contributed by atoms with E-state index in [1.54, 1.807) is 25.3 Å². The van der Waals surface area contributed by atoms with Crippen molar-refractivity contribution in [2.45, 2.75) is 38.2 Å². The molecular formula is C16H20N2O3. The number of benzene rings is 1. The van der Waals surface area contributed by atoms with Gasteiger partial charge in [0.05, 0.1) is 5.56 Å². The molecule has 1 saturated carbocycles. The second-order valence-corrected chi connectivity index (χ2v) is 5.84. The molecule has 1 N–H and O–H groups in total. The van der Waals surface area contributed by atoms with Crippen LogP contribution in [-0.2, 0) is 10.3 Å². The Kier molecular flexibility index (Phi) is 3.68. The smallest absolute Gasteiger partial charge is 0.261 e. The predicted molar refractivity (Wildman–Crippen MR) is 77.7 cm³/mol. The molecule has 1 aliphatic rings. The van der Waals surface area contributed by atoms with E-state index in [4.69, 9.17) is 9.26 Å². The van der Waals surface area contributed by atoms with Gasteiger partial charge in [-0.15, -0.1) is 0 Å². The number of hydrogen-bond acceptors (Lipinski definition) is 5. The van der Waals surface area contributed by atoms with E-state index in [0.29, 0.717) is 23.2 Å². The Bertz CT molecular complexity index is 625. The number of aromatic hydroxyl groups is 1. The average molecular weight is 288 g/mol. The van der Waals surface area contributed by atoms with Crippen molar-refractivity contribution < 1.29 is 14.4 Å². The summed E-state index contributed by atoms with van der Waals surface area (Å²) in [6.07, 6.45) is 4.08. The molecule has 1 heterocycles. The largest absolute Gasteiger partial charge is 0.507 e. The summed E-state index contributed by atoms with van der Waals surface area (Å²) in [6.45, 7) is 2.22. The first-order valence-electron chi connectivity index (χ1n) is 7.32. The molecule has 1 aliphatic carbocycles. The number of rotatable bonds is 3. The Morgan fingerprint density at radius 3 is 2.90 bits per heavy atom. The van der Waals surface area contributed by atoms with Crippen LogP contribution in [0.2, 0.25) is 0 Å². The van der Waals surface area contributed by atoms with Crippen molar-refractivity contribution in [1.29, 1.82) is 0 Å². The molecule has 1 fully saturated rings. The highest BCUT2D eigenvalue weighted by Crippen LogP contribution is 2.42. The highest BCUT2D eigenvalue weighted by Gasteiger charge is 2.41. The fraction of sp³-hybridized carbons (Fsp3) is 0.500. The lowest BCUT2D eigenvalue weighted by Crippen LogP contribution is -2.35. The molecule has 2 atom stereocenters. The van der Waals surface area contributed by atoms with E-state index in [1.165, 1.54) is 6.42 Å². The van der Waals surface area contributed by atoms with Crippen molar-refractivity contribution in [3.8, 4) is 17.2 Å². The Balaban J connectivity index is 1.95. The minimum Gasteiger partial charge on any atom is -0.507 e. The van der Waals surface area contributed by atoms with Gasteiger partial charge in [-0.2, -0.15) is 4.98 Å². The number of hydrogen-bond donors (Lipinski definition) is 1. The maximum atomic E-state index is 9.89. The van der Waals surface area contributed by atoms with Crippen LogP contribution >= 0.6 is 0 Å². The number of ether oxygens (including phenoxy) is 1. The number of phenols is 1. The molecule has 21 heavy (non-hydrogen) atoms. The summed E-state index contributed by atoms with van der Waals surface area (Å²) in [4.78, 5) is 4.48. The number of methoxy groups -OCH3 is 1. The maximum absolute atomic E-state index is 9.89. The molecule has 0 spiro atoms. The Morgan fingerprint density at radius 1 is 1.38 bits per heavy atom. The molecule has 0 aliphatic heterocycles. The van der Waals surface area contributed by atoms with E-state index in [0.717, 1.165) is 19.3 Å². The van der Waals surface area contributed by atoms with Crippen LogP contribution in [0.4, 0.5) is 0 Å². The van der Waals surface area contributed by atoms with Gasteiger partial charge in [-0.3, -0.25) is 0 Å². The standard InChI is InChI=1S/C16H20N2O3/c1-11-6-5-9-16(10-11,20-2)15-17-14(21-18-15)12-7-3-4-8-13(12)19/h3-4,7-8,11,19H,5-6,9-10H2,1-2H3. The van der Waals surface area contributed by atoms with Crippen molar-refractivity contribution in [2.75, 3.05) is 7.11 Å². The lowest BCUT2D eigenvalue weighted by Gasteiger charge is -2.36. The SMILES string of the molecule is COC1(c2noc(-c3ccccc3O)n2)CCCC(C)C1. The minimum absolute atomic E-state index is 0.135. The summed E-state index contributed by atoms with van der Waals surface area (Å²) < 4.78 is 11.1. The van der Waals surface area contributed by atoms with Crippen molar-refractivity contribution in [1.82, 2.24) is 10.1 Å². The molecule has 2 unspecified atom stereocenters. The second kappa shape index (κ2) is 5.48. The zero-order valence-corrected chi connectivity index (χ0v) is 12.4. The Labute approximate surface area is 123 Å². The van der Waals surface area contributed by atoms with Gasteiger partial charge in [-0.1, -0.05) is 30.6 Å². The van der Waals surface area contributed by atoms with E-state index in [1.807, 2.05) is 6.07 Å². The monoisotopic (exact) mass is 288 g/mol. The molecule has 2 aromatic rings. The zero-order chi connectivity index (χ0) is 14.9. The molecule has 112 valence electrons. The maximum Gasteiger partial charge on any atom is 0.261 e. The molecule has 5 nitrogen and oxygen atoms in total. The van der Waals surface area contributed by atoms with E-state index in [2.05, 4.69) is 17.1 Å². The Hall–Kier alpha value is -1.88. The first kappa shape index (κ1) is 14.1. The molecule has 1 aromatic heterocycles. The molecule has 0 bridgehead atoms. The van der Waals surface area contributed by atoms with Crippen LogP contribution in [0.1, 0.15) is 38.4 Å². The third-order valence-electron chi connectivity index (χ3n) is 4.31. The fourth-order valence-electron chi connectivity index (χ4n) is 3.16. The van der Waals surface area contributed by atoms with Crippen molar-refractivity contribution in [2.24, 2.45) is 5.92 Å². The predicted octanol–water partition coefficient (Wildman–Crippen LogP) is 3.49. The molecular weight excluding hydrogens is 268 g/mol. The van der Waals surface area contributed by atoms with Gasteiger partial charge >= 0.3 is 0 Å². The molecule has 0 amide bonds. The summed E-state index contributed by atoms with van der Waals surface area (Å²) >= 11 is 0. The summed E-state index contributed by atoms with van der Waals surface area (Å²) in [5.74, 6) is 1.62. The first-order valence-corrected chi connectivity index (χ1v) is 7.32. The number of para-hydroxylation sites is 1. The quantitative estimate of drug-likeness (QED) is 0.936. The van der Waals surface area contributed by atoms with Gasteiger partial charge < -0.3 is 14.4 Å². The number of nitrogens with zero attached hydrogens (tertiary/aromatic N) is 2. The number of phenolic OH excluding ortho intramolecular Hbond substituents is 1. The summed E-state index contributed by atoms with van der Waals surface area (Å²) in [5.41, 5.74) is 0.0791. The fourth-order valence-corrected chi connectivity index (χ4v) is 3.16. The van der Waals surface area contributed by atoms with Gasteiger partial charge in [0.15, 0.2) is 0 Å².